The van der Waals surface area contributed by atoms with E-state index in [2.05, 4.69) is 0 Å². The molecule has 140 valence electrons. The lowest BCUT2D eigenvalue weighted by atomic mass is 10.2. The van der Waals surface area contributed by atoms with E-state index in [-0.39, 0.29) is 41.0 Å². The van der Waals surface area contributed by atoms with Crippen LogP contribution in [0.25, 0.3) is 0 Å². The van der Waals surface area contributed by atoms with E-state index in [1.165, 1.54) is 29.6 Å². The highest BCUT2D eigenvalue weighted by Gasteiger charge is 2.35. The van der Waals surface area contributed by atoms with Gasteiger partial charge in [0.2, 0.25) is 11.8 Å². The zero-order chi connectivity index (χ0) is 19.2. The summed E-state index contributed by atoms with van der Waals surface area (Å²) < 4.78 is 33.3. The maximum atomic E-state index is 13.4. The van der Waals surface area contributed by atoms with Gasteiger partial charge >= 0.3 is 0 Å². The lowest BCUT2D eigenvalue weighted by molar-refractivity contribution is -0.121. The Bertz CT molecular complexity index is 1030. The van der Waals surface area contributed by atoms with E-state index in [1.807, 2.05) is 12.1 Å². The van der Waals surface area contributed by atoms with Gasteiger partial charge in [0.15, 0.2) is 0 Å². The van der Waals surface area contributed by atoms with Crippen LogP contribution in [0.15, 0.2) is 47.4 Å². The van der Waals surface area contributed by atoms with Crippen LogP contribution in [0, 0.1) is 0 Å². The zero-order valence-electron chi connectivity index (χ0n) is 14.7. The standard InChI is InChI=1S/C19H18N2O5S/c1-26-16-7-6-14(21-18(22)8-9-19(21)23)12-17(16)27(24,25)20-11-10-13-4-2-3-5-15(13)20/h2-7,12H,8-11H2,1H3. The number of carbonyl (C=O) groups is 2. The monoisotopic (exact) mass is 386 g/mol. The van der Waals surface area contributed by atoms with Crippen LogP contribution in [0.1, 0.15) is 18.4 Å². The van der Waals surface area contributed by atoms with E-state index >= 15 is 0 Å². The van der Waals surface area contributed by atoms with E-state index in [4.69, 9.17) is 4.74 Å². The Kier molecular flexibility index (Phi) is 4.15. The summed E-state index contributed by atoms with van der Waals surface area (Å²) in [7, 11) is -2.54. The molecule has 2 aromatic rings. The van der Waals surface area contributed by atoms with Crippen LogP contribution >= 0.6 is 0 Å². The Morgan fingerprint density at radius 3 is 2.37 bits per heavy atom. The van der Waals surface area contributed by atoms with E-state index < -0.39 is 10.0 Å². The number of benzene rings is 2. The van der Waals surface area contributed by atoms with E-state index in [1.54, 1.807) is 12.1 Å². The molecule has 2 amide bonds. The number of methoxy groups -OCH3 is 1. The topological polar surface area (TPSA) is 84.0 Å². The number of imide groups is 1. The number of amides is 2. The summed E-state index contributed by atoms with van der Waals surface area (Å²) in [6.45, 7) is 0.330. The molecule has 0 radical (unpaired) electrons. The van der Waals surface area contributed by atoms with E-state index in [0.29, 0.717) is 18.7 Å². The first kappa shape index (κ1) is 17.5. The van der Waals surface area contributed by atoms with Crippen molar-refractivity contribution < 1.29 is 22.7 Å². The maximum absolute atomic E-state index is 13.4. The molecule has 7 nitrogen and oxygen atoms in total. The first-order valence-electron chi connectivity index (χ1n) is 8.58. The van der Waals surface area contributed by atoms with Gasteiger partial charge in [0, 0.05) is 19.4 Å². The van der Waals surface area contributed by atoms with Gasteiger partial charge in [0.25, 0.3) is 10.0 Å². The molecule has 1 saturated heterocycles. The molecule has 0 unspecified atom stereocenters. The molecule has 8 heteroatoms. The molecule has 2 heterocycles. The van der Waals surface area contributed by atoms with Crippen LogP contribution in [0.4, 0.5) is 11.4 Å². The lowest BCUT2D eigenvalue weighted by Crippen LogP contribution is -2.31. The van der Waals surface area contributed by atoms with Crippen LogP contribution in [0.5, 0.6) is 5.75 Å². The highest BCUT2D eigenvalue weighted by Crippen LogP contribution is 2.37. The SMILES string of the molecule is COc1ccc(N2C(=O)CCC2=O)cc1S(=O)(=O)N1CCc2ccccc21. The van der Waals surface area contributed by atoms with Gasteiger partial charge in [0.1, 0.15) is 10.6 Å². The molecule has 27 heavy (non-hydrogen) atoms. The smallest absolute Gasteiger partial charge is 0.268 e. The van der Waals surface area contributed by atoms with Crippen LogP contribution in [-0.2, 0) is 26.0 Å². The van der Waals surface area contributed by atoms with E-state index in [9.17, 15) is 18.0 Å². The average Bonchev–Trinajstić information content (AvgIpc) is 3.25. The molecule has 1 fully saturated rings. The summed E-state index contributed by atoms with van der Waals surface area (Å²) >= 11 is 0. The van der Waals surface area contributed by atoms with Gasteiger partial charge in [0.05, 0.1) is 18.5 Å². The summed E-state index contributed by atoms with van der Waals surface area (Å²) in [6.07, 6.45) is 0.888. The van der Waals surface area contributed by atoms with Gasteiger partial charge < -0.3 is 4.74 Å². The van der Waals surface area contributed by atoms with Crippen molar-refractivity contribution >= 4 is 33.2 Å². The number of fused-ring (bicyclic) bond motifs is 1. The summed E-state index contributed by atoms with van der Waals surface area (Å²) in [4.78, 5) is 25.0. The second-order valence-electron chi connectivity index (χ2n) is 6.41. The molecule has 0 aliphatic carbocycles. The maximum Gasteiger partial charge on any atom is 0.268 e. The fourth-order valence-electron chi connectivity index (χ4n) is 3.55. The van der Waals surface area contributed by atoms with Crippen LogP contribution in [-0.4, -0.2) is 33.9 Å². The number of rotatable bonds is 4. The van der Waals surface area contributed by atoms with Gasteiger partial charge in [-0.05, 0) is 36.2 Å². The zero-order valence-corrected chi connectivity index (χ0v) is 15.5. The van der Waals surface area contributed by atoms with Crippen molar-refractivity contribution in [2.24, 2.45) is 0 Å². The largest absolute Gasteiger partial charge is 0.495 e. The van der Waals surface area contributed by atoms with Crippen molar-refractivity contribution in [1.29, 1.82) is 0 Å². The molecular formula is C19H18N2O5S. The molecule has 0 atom stereocenters. The summed E-state index contributed by atoms with van der Waals surface area (Å²) in [5.74, 6) is -0.498. The predicted octanol–water partition coefficient (Wildman–Crippen LogP) is 2.10. The Morgan fingerprint density at radius 1 is 0.963 bits per heavy atom. The van der Waals surface area contributed by atoms with Gasteiger partial charge in [-0.2, -0.15) is 0 Å². The first-order valence-corrected chi connectivity index (χ1v) is 10.0. The number of sulfonamides is 1. The second kappa shape index (κ2) is 6.38. The van der Waals surface area contributed by atoms with Crippen LogP contribution in [0.3, 0.4) is 0 Å². The summed E-state index contributed by atoms with van der Waals surface area (Å²) in [6, 6.07) is 11.7. The van der Waals surface area contributed by atoms with Crippen molar-refractivity contribution in [1.82, 2.24) is 0 Å². The third-order valence-electron chi connectivity index (χ3n) is 4.87. The fraction of sp³-hybridized carbons (Fsp3) is 0.263. The van der Waals surface area contributed by atoms with E-state index in [0.717, 1.165) is 10.5 Å². The second-order valence-corrected chi connectivity index (χ2v) is 8.24. The molecule has 0 N–H and O–H groups in total. The quantitative estimate of drug-likeness (QED) is 0.752. The van der Waals surface area contributed by atoms with Crippen LogP contribution in [0.2, 0.25) is 0 Å². The summed E-state index contributed by atoms with van der Waals surface area (Å²) in [5.41, 5.74) is 1.84. The van der Waals surface area contributed by atoms with Crippen molar-refractivity contribution in [3.63, 3.8) is 0 Å². The molecule has 0 spiro atoms. The number of hydrogen-bond donors (Lipinski definition) is 0. The molecule has 2 aromatic carbocycles. The Hall–Kier alpha value is -2.87. The average molecular weight is 386 g/mol. The number of para-hydroxylation sites is 1. The predicted molar refractivity (Wildman–Crippen MR) is 99.4 cm³/mol. The normalized spacial score (nSPS) is 16.8. The lowest BCUT2D eigenvalue weighted by Gasteiger charge is -2.22. The third-order valence-corrected chi connectivity index (χ3v) is 6.70. The molecule has 0 aromatic heterocycles. The molecule has 2 aliphatic rings. The van der Waals surface area contributed by atoms with Gasteiger partial charge in [-0.1, -0.05) is 18.2 Å². The Morgan fingerprint density at radius 2 is 1.67 bits per heavy atom. The van der Waals surface area contributed by atoms with Gasteiger partial charge in [-0.3, -0.25) is 18.8 Å². The van der Waals surface area contributed by atoms with Crippen molar-refractivity contribution in [3.8, 4) is 5.75 Å². The highest BCUT2D eigenvalue weighted by atomic mass is 32.2. The van der Waals surface area contributed by atoms with Crippen molar-refractivity contribution in [2.75, 3.05) is 22.9 Å². The minimum atomic E-state index is -3.92. The minimum Gasteiger partial charge on any atom is -0.495 e. The number of anilines is 2. The Balaban J connectivity index is 1.82. The van der Waals surface area contributed by atoms with Gasteiger partial charge in [-0.25, -0.2) is 8.42 Å². The molecule has 0 saturated carbocycles. The van der Waals surface area contributed by atoms with Crippen LogP contribution < -0.4 is 13.9 Å². The fourth-order valence-corrected chi connectivity index (χ4v) is 5.23. The number of nitrogens with zero attached hydrogens (tertiary/aromatic N) is 2. The number of hydrogen-bond acceptors (Lipinski definition) is 5. The number of ether oxygens (including phenoxy) is 1. The third kappa shape index (κ3) is 2.76. The Labute approximate surface area is 157 Å². The molecule has 2 aliphatic heterocycles. The van der Waals surface area contributed by atoms with Crippen molar-refractivity contribution in [3.05, 3.63) is 48.0 Å². The minimum absolute atomic E-state index is 0.0632. The van der Waals surface area contributed by atoms with Gasteiger partial charge in [-0.15, -0.1) is 0 Å². The first-order chi connectivity index (χ1) is 12.9. The molecule has 0 bridgehead atoms. The molecule has 4 rings (SSSR count). The summed E-state index contributed by atoms with van der Waals surface area (Å²) in [5, 5.41) is 0. The molecular weight excluding hydrogens is 368 g/mol. The van der Waals surface area contributed by atoms with Crippen molar-refractivity contribution in [2.45, 2.75) is 24.2 Å². The highest BCUT2D eigenvalue weighted by molar-refractivity contribution is 7.93. The number of carbonyl (C=O) groups excluding carboxylic acids is 2.